The van der Waals surface area contributed by atoms with Crippen LogP contribution in [0.2, 0.25) is 0 Å². The zero-order valence-electron chi connectivity index (χ0n) is 10.5. The Balaban J connectivity index is 2.82. The molecule has 0 aliphatic heterocycles. The fourth-order valence-corrected chi connectivity index (χ4v) is 1.59. The van der Waals surface area contributed by atoms with Crippen molar-refractivity contribution in [1.82, 2.24) is 5.32 Å². The Morgan fingerprint density at radius 2 is 2.05 bits per heavy atom. The summed E-state index contributed by atoms with van der Waals surface area (Å²) in [5.41, 5.74) is 0.163. The van der Waals surface area contributed by atoms with Gasteiger partial charge in [-0.05, 0) is 6.07 Å². The molecule has 1 unspecified atom stereocenters. The molecule has 0 aliphatic carbocycles. The minimum atomic E-state index is -2.81. The van der Waals surface area contributed by atoms with E-state index in [1.807, 2.05) is 0 Å². The number of rotatable bonds is 6. The normalized spacial score (nSPS) is 12.7. The van der Waals surface area contributed by atoms with Gasteiger partial charge in [0.25, 0.3) is 5.91 Å². The Labute approximate surface area is 108 Å². The summed E-state index contributed by atoms with van der Waals surface area (Å²) < 4.78 is 29.5. The van der Waals surface area contributed by atoms with Crippen molar-refractivity contribution in [2.75, 3.05) is 0 Å². The number of carbonyl (C=O) groups is 2. The van der Waals surface area contributed by atoms with E-state index in [1.165, 1.54) is 12.3 Å². The van der Waals surface area contributed by atoms with Gasteiger partial charge in [0.15, 0.2) is 0 Å². The first kappa shape index (κ1) is 15.1. The molecule has 1 aromatic heterocycles. The zero-order valence-corrected chi connectivity index (χ0v) is 10.5. The highest BCUT2D eigenvalue weighted by atomic mass is 19.3. The molecule has 2 N–H and O–H groups in total. The molecule has 0 aliphatic rings. The third-order valence-corrected chi connectivity index (χ3v) is 2.48. The Morgan fingerprint density at radius 3 is 2.53 bits per heavy atom. The molecule has 0 aromatic carbocycles. The second-order valence-corrected chi connectivity index (χ2v) is 4.34. The molecule has 5 nitrogen and oxygen atoms in total. The van der Waals surface area contributed by atoms with E-state index in [2.05, 4.69) is 5.32 Å². The van der Waals surface area contributed by atoms with Crippen LogP contribution in [0, 0.1) is 0 Å². The van der Waals surface area contributed by atoms with Crippen molar-refractivity contribution in [2.24, 2.45) is 0 Å². The van der Waals surface area contributed by atoms with Gasteiger partial charge in [-0.2, -0.15) is 0 Å². The SMILES string of the molecule is CC(C)c1occc1C(=O)NC(CC(F)F)C(=O)O. The monoisotopic (exact) mass is 275 g/mol. The number of carboxylic acids is 1. The molecule has 0 saturated carbocycles. The molecule has 7 heteroatoms. The summed E-state index contributed by atoms with van der Waals surface area (Å²) in [6, 6.07) is -0.242. The predicted octanol–water partition coefficient (Wildman–Crippen LogP) is 2.24. The maximum atomic E-state index is 12.2. The summed E-state index contributed by atoms with van der Waals surface area (Å²) in [5, 5.41) is 10.8. The highest BCUT2D eigenvalue weighted by Gasteiger charge is 2.26. The van der Waals surface area contributed by atoms with E-state index in [-0.39, 0.29) is 11.5 Å². The summed E-state index contributed by atoms with van der Waals surface area (Å²) in [4.78, 5) is 22.6. The number of alkyl halides is 2. The third-order valence-electron chi connectivity index (χ3n) is 2.48. The van der Waals surface area contributed by atoms with Crippen molar-refractivity contribution < 1.29 is 27.9 Å². The van der Waals surface area contributed by atoms with E-state index in [9.17, 15) is 18.4 Å². The second-order valence-electron chi connectivity index (χ2n) is 4.34. The molecule has 0 bridgehead atoms. The van der Waals surface area contributed by atoms with E-state index in [1.54, 1.807) is 13.8 Å². The lowest BCUT2D eigenvalue weighted by Gasteiger charge is -2.14. The number of amides is 1. The summed E-state index contributed by atoms with van der Waals surface area (Å²) >= 11 is 0. The minimum Gasteiger partial charge on any atom is -0.480 e. The van der Waals surface area contributed by atoms with Crippen LogP contribution in [0.15, 0.2) is 16.7 Å². The van der Waals surface area contributed by atoms with Crippen molar-refractivity contribution in [1.29, 1.82) is 0 Å². The first-order valence-corrected chi connectivity index (χ1v) is 5.72. The Bertz CT molecular complexity index is 456. The van der Waals surface area contributed by atoms with E-state index >= 15 is 0 Å². The van der Waals surface area contributed by atoms with Crippen LogP contribution in [-0.4, -0.2) is 29.5 Å². The van der Waals surface area contributed by atoms with Crippen LogP contribution in [0.1, 0.15) is 42.3 Å². The fraction of sp³-hybridized carbons (Fsp3) is 0.500. The Hall–Kier alpha value is -1.92. The Kier molecular flexibility index (Phi) is 5.02. The lowest BCUT2D eigenvalue weighted by atomic mass is 10.1. The highest BCUT2D eigenvalue weighted by Crippen LogP contribution is 2.20. The van der Waals surface area contributed by atoms with Gasteiger partial charge in [-0.1, -0.05) is 13.8 Å². The van der Waals surface area contributed by atoms with E-state index in [4.69, 9.17) is 9.52 Å². The first-order valence-electron chi connectivity index (χ1n) is 5.72. The number of carbonyl (C=O) groups excluding carboxylic acids is 1. The first-order chi connectivity index (χ1) is 8.82. The Morgan fingerprint density at radius 1 is 1.42 bits per heavy atom. The third kappa shape index (κ3) is 4.04. The highest BCUT2D eigenvalue weighted by molar-refractivity contribution is 5.97. The molecular weight excluding hydrogens is 260 g/mol. The van der Waals surface area contributed by atoms with Gasteiger partial charge in [0.2, 0.25) is 6.43 Å². The van der Waals surface area contributed by atoms with E-state index < -0.39 is 30.8 Å². The smallest absolute Gasteiger partial charge is 0.326 e. The molecular formula is C12H15F2NO4. The van der Waals surface area contributed by atoms with Crippen molar-refractivity contribution in [2.45, 2.75) is 38.7 Å². The maximum absolute atomic E-state index is 12.2. The van der Waals surface area contributed by atoms with Crippen molar-refractivity contribution in [3.63, 3.8) is 0 Å². The van der Waals surface area contributed by atoms with Crippen molar-refractivity contribution >= 4 is 11.9 Å². The maximum Gasteiger partial charge on any atom is 0.326 e. The number of hydrogen-bond acceptors (Lipinski definition) is 3. The average molecular weight is 275 g/mol. The van der Waals surface area contributed by atoms with Gasteiger partial charge < -0.3 is 14.8 Å². The van der Waals surface area contributed by atoms with Gasteiger partial charge in [0.05, 0.1) is 11.8 Å². The van der Waals surface area contributed by atoms with Crippen LogP contribution in [0.4, 0.5) is 8.78 Å². The van der Waals surface area contributed by atoms with E-state index in [0.717, 1.165) is 0 Å². The zero-order chi connectivity index (χ0) is 14.6. The summed E-state index contributed by atoms with van der Waals surface area (Å²) in [7, 11) is 0. The summed E-state index contributed by atoms with van der Waals surface area (Å²) in [6.07, 6.45) is -2.45. The van der Waals surface area contributed by atoms with Crippen LogP contribution >= 0.6 is 0 Å². The molecule has 19 heavy (non-hydrogen) atoms. The molecule has 0 saturated heterocycles. The van der Waals surface area contributed by atoms with Crippen LogP contribution < -0.4 is 5.32 Å². The van der Waals surface area contributed by atoms with Crippen LogP contribution in [0.25, 0.3) is 0 Å². The minimum absolute atomic E-state index is 0.0749. The largest absolute Gasteiger partial charge is 0.480 e. The fourth-order valence-electron chi connectivity index (χ4n) is 1.59. The van der Waals surface area contributed by atoms with Crippen molar-refractivity contribution in [3.05, 3.63) is 23.7 Å². The number of hydrogen-bond donors (Lipinski definition) is 2. The molecule has 106 valence electrons. The second kappa shape index (κ2) is 6.31. The average Bonchev–Trinajstić information content (AvgIpc) is 2.76. The van der Waals surface area contributed by atoms with Crippen LogP contribution in [0.5, 0.6) is 0 Å². The standard InChI is InChI=1S/C12H15F2NO4/c1-6(2)10-7(3-4-19-10)11(16)15-8(12(17)18)5-9(13)14/h3-4,6,8-9H,5H2,1-2H3,(H,15,16)(H,17,18). The molecule has 1 amide bonds. The van der Waals surface area contributed by atoms with Gasteiger partial charge in [-0.15, -0.1) is 0 Å². The molecule has 1 aromatic rings. The molecule has 1 rings (SSSR count). The quantitative estimate of drug-likeness (QED) is 0.834. The number of aliphatic carboxylic acids is 1. The number of furan rings is 1. The van der Waals surface area contributed by atoms with Gasteiger partial charge in [-0.25, -0.2) is 13.6 Å². The molecule has 1 heterocycles. The number of carboxylic acid groups (broad SMARTS) is 1. The van der Waals surface area contributed by atoms with Gasteiger partial charge >= 0.3 is 5.97 Å². The van der Waals surface area contributed by atoms with Crippen molar-refractivity contribution in [3.8, 4) is 0 Å². The van der Waals surface area contributed by atoms with Crippen LogP contribution in [-0.2, 0) is 4.79 Å². The lowest BCUT2D eigenvalue weighted by Crippen LogP contribution is -2.42. The lowest BCUT2D eigenvalue weighted by molar-refractivity contribution is -0.140. The summed E-state index contributed by atoms with van der Waals surface area (Å²) in [6.45, 7) is 3.59. The van der Waals surface area contributed by atoms with Gasteiger partial charge in [-0.3, -0.25) is 4.79 Å². The van der Waals surface area contributed by atoms with E-state index in [0.29, 0.717) is 5.76 Å². The predicted molar refractivity (Wildman–Crippen MR) is 62.3 cm³/mol. The number of halogens is 2. The molecule has 0 fully saturated rings. The van der Waals surface area contributed by atoms with Gasteiger partial charge in [0.1, 0.15) is 11.8 Å². The van der Waals surface area contributed by atoms with Gasteiger partial charge in [0, 0.05) is 12.3 Å². The molecule has 0 radical (unpaired) electrons. The topological polar surface area (TPSA) is 79.5 Å². The molecule has 0 spiro atoms. The summed E-state index contributed by atoms with van der Waals surface area (Å²) in [5.74, 6) is -1.92. The van der Waals surface area contributed by atoms with Crippen LogP contribution in [0.3, 0.4) is 0 Å². The number of nitrogens with one attached hydrogen (secondary N) is 1. The molecule has 1 atom stereocenters.